The van der Waals surface area contributed by atoms with Crippen LogP contribution in [0.5, 0.6) is 0 Å². The maximum Gasteiger partial charge on any atom is 0.436 e. The molecule has 1 fully saturated rings. The van der Waals surface area contributed by atoms with E-state index in [1.165, 1.54) is 4.42 Å². The average molecular weight is 378 g/mol. The number of aryl methyl sites for hydroxylation is 1. The van der Waals surface area contributed by atoms with Gasteiger partial charge in [-0.1, -0.05) is 0 Å². The van der Waals surface area contributed by atoms with Gasteiger partial charge in [-0.25, -0.2) is 17.2 Å². The number of hydrogen-bond acceptors (Lipinski definition) is 4. The fourth-order valence-electron chi connectivity index (χ4n) is 2.66. The lowest BCUT2D eigenvalue weighted by atomic mass is 9.93. The molecule has 0 N–H and O–H groups in total. The molecule has 5 nitrogen and oxygen atoms in total. The van der Waals surface area contributed by atoms with Crippen molar-refractivity contribution in [2.24, 2.45) is 13.0 Å². The summed E-state index contributed by atoms with van der Waals surface area (Å²) in [6.45, 7) is 1.34. The third-order valence-electron chi connectivity index (χ3n) is 4.05. The molecule has 2 heterocycles. The quantitative estimate of drug-likeness (QED) is 0.600. The molecule has 0 radical (unpaired) electrons. The molecule has 0 saturated carbocycles. The maximum absolute atomic E-state index is 15.1. The third-order valence-corrected chi connectivity index (χ3v) is 6.65. The van der Waals surface area contributed by atoms with E-state index >= 15 is 4.39 Å². The molecule has 1 aliphatic rings. The van der Waals surface area contributed by atoms with Crippen LogP contribution in [-0.2, 0) is 23.1 Å². The highest BCUT2D eigenvalue weighted by Crippen LogP contribution is 2.43. The van der Waals surface area contributed by atoms with Gasteiger partial charge in [-0.05, 0) is 31.5 Å². The van der Waals surface area contributed by atoms with Gasteiger partial charge in [0.1, 0.15) is 4.90 Å². The molecule has 132 valence electrons. The van der Waals surface area contributed by atoms with Crippen molar-refractivity contribution in [3.05, 3.63) is 11.9 Å². The van der Waals surface area contributed by atoms with E-state index < -0.39 is 37.5 Å². The second kappa shape index (κ2) is 5.89. The Kier molecular flexibility index (Phi) is 4.73. The lowest BCUT2D eigenvalue weighted by Crippen LogP contribution is -2.44. The Balaban J connectivity index is 2.46. The summed E-state index contributed by atoms with van der Waals surface area (Å²) in [6, 6.07) is 0. The molecule has 0 spiro atoms. The van der Waals surface area contributed by atoms with Crippen LogP contribution in [0.1, 0.15) is 25.5 Å². The van der Waals surface area contributed by atoms with Gasteiger partial charge in [0.25, 0.3) is 0 Å². The van der Waals surface area contributed by atoms with E-state index in [9.17, 15) is 21.6 Å². The zero-order valence-electron chi connectivity index (χ0n) is 12.4. The van der Waals surface area contributed by atoms with Gasteiger partial charge in [0.2, 0.25) is 14.8 Å². The van der Waals surface area contributed by atoms with Crippen molar-refractivity contribution in [1.29, 1.82) is 0 Å². The van der Waals surface area contributed by atoms with E-state index in [4.69, 9.17) is 11.8 Å². The monoisotopic (exact) mass is 377 g/mol. The summed E-state index contributed by atoms with van der Waals surface area (Å²) >= 11 is 5.75. The van der Waals surface area contributed by atoms with Crippen LogP contribution in [0.2, 0.25) is 0 Å². The fourth-order valence-corrected chi connectivity index (χ4v) is 4.66. The Labute approximate surface area is 136 Å². The lowest BCUT2D eigenvalue weighted by Gasteiger charge is -2.35. The molecule has 0 aliphatic carbocycles. The predicted octanol–water partition coefficient (Wildman–Crippen LogP) is 2.76. The first-order chi connectivity index (χ1) is 10.4. The van der Waals surface area contributed by atoms with Crippen molar-refractivity contribution >= 4 is 21.6 Å². The molecule has 23 heavy (non-hydrogen) atoms. The highest BCUT2D eigenvalue weighted by molar-refractivity contribution is 7.92. The number of piperidine rings is 1. The summed E-state index contributed by atoms with van der Waals surface area (Å²) in [5, 5.41) is 0.296. The van der Waals surface area contributed by atoms with Crippen LogP contribution in [0.4, 0.5) is 17.6 Å². The number of rotatable bonds is 3. The summed E-state index contributed by atoms with van der Waals surface area (Å²) in [5.74, 6) is -0.941. The van der Waals surface area contributed by atoms with E-state index in [1.54, 1.807) is 0 Å². The summed E-state index contributed by atoms with van der Waals surface area (Å²) in [6.07, 6.45) is -4.03. The number of alkyl halides is 4. The number of halogens is 5. The van der Waals surface area contributed by atoms with Crippen LogP contribution in [0.15, 0.2) is 11.1 Å². The zero-order chi connectivity index (χ0) is 17.6. The van der Waals surface area contributed by atoms with Crippen LogP contribution in [0.25, 0.3) is 0 Å². The van der Waals surface area contributed by atoms with Gasteiger partial charge in [-0.2, -0.15) is 18.3 Å². The van der Waals surface area contributed by atoms with Gasteiger partial charge in [-0.3, -0.25) is 4.68 Å². The first-order valence-electron chi connectivity index (χ1n) is 6.82. The molecule has 0 aromatic carbocycles. The number of aromatic nitrogens is 2. The molecule has 0 amide bonds. The van der Waals surface area contributed by atoms with Crippen LogP contribution in [0, 0.1) is 5.92 Å². The minimum atomic E-state index is -4.99. The number of hydrogen-bond donors (Lipinski definition) is 0. The molecule has 11 heteroatoms. The summed E-state index contributed by atoms with van der Waals surface area (Å²) in [7, 11) is -3.73. The Morgan fingerprint density at radius 1 is 1.26 bits per heavy atom. The minimum Gasteiger partial charge on any atom is -0.274 e. The molecule has 1 aliphatic heterocycles. The first kappa shape index (κ1) is 18.5. The van der Waals surface area contributed by atoms with Crippen molar-refractivity contribution in [1.82, 2.24) is 14.2 Å². The van der Waals surface area contributed by atoms with Gasteiger partial charge in [0, 0.05) is 32.3 Å². The lowest BCUT2D eigenvalue weighted by molar-refractivity contribution is -0.143. The molecular formula is C12H16ClF4N3O2S. The van der Waals surface area contributed by atoms with Gasteiger partial charge < -0.3 is 0 Å². The van der Waals surface area contributed by atoms with Crippen molar-refractivity contribution in [3.8, 4) is 0 Å². The predicted molar refractivity (Wildman–Crippen MR) is 75.1 cm³/mol. The van der Waals surface area contributed by atoms with E-state index in [0.717, 1.165) is 14.0 Å². The Morgan fingerprint density at radius 2 is 1.78 bits per heavy atom. The normalized spacial score (nSPS) is 21.3. The van der Waals surface area contributed by atoms with Crippen molar-refractivity contribution in [2.75, 3.05) is 13.1 Å². The van der Waals surface area contributed by atoms with E-state index in [2.05, 4.69) is 5.10 Å². The largest absolute Gasteiger partial charge is 0.436 e. The summed E-state index contributed by atoms with van der Waals surface area (Å²) in [5.41, 5.74) is -1.60. The third kappa shape index (κ3) is 3.34. The molecule has 2 rings (SSSR count). The van der Waals surface area contributed by atoms with Crippen LogP contribution >= 0.6 is 11.8 Å². The van der Waals surface area contributed by atoms with E-state index in [0.29, 0.717) is 10.9 Å². The molecule has 1 atom stereocenters. The highest BCUT2D eigenvalue weighted by atomic mass is 35.5. The van der Waals surface area contributed by atoms with Gasteiger partial charge in [0.05, 0.1) is 0 Å². The van der Waals surface area contributed by atoms with Gasteiger partial charge >= 0.3 is 6.18 Å². The molecule has 1 aromatic heterocycles. The van der Waals surface area contributed by atoms with Crippen molar-refractivity contribution in [2.45, 2.75) is 35.8 Å². The Bertz CT molecular complexity index is 679. The van der Waals surface area contributed by atoms with Crippen molar-refractivity contribution in [3.63, 3.8) is 0 Å². The first-order valence-corrected chi connectivity index (χ1v) is 8.64. The van der Waals surface area contributed by atoms with Crippen LogP contribution < -0.4 is 0 Å². The van der Waals surface area contributed by atoms with E-state index in [-0.39, 0.29) is 25.9 Å². The smallest absolute Gasteiger partial charge is 0.274 e. The molecule has 0 bridgehead atoms. The maximum atomic E-state index is 15.1. The van der Waals surface area contributed by atoms with Crippen LogP contribution in [-0.4, -0.2) is 40.7 Å². The van der Waals surface area contributed by atoms with E-state index in [1.807, 2.05) is 0 Å². The zero-order valence-corrected chi connectivity index (χ0v) is 14.0. The van der Waals surface area contributed by atoms with Gasteiger partial charge in [-0.15, -0.1) is 0 Å². The average Bonchev–Trinajstić information content (AvgIpc) is 2.82. The SMILES string of the molecule is Cn1cc(S(=O)(=O)C(C)(F)C2CCN(Cl)CC2)c(C(F)(F)F)n1. The number of nitrogens with zero attached hydrogens (tertiary/aromatic N) is 3. The topological polar surface area (TPSA) is 55.2 Å². The number of sulfone groups is 1. The Morgan fingerprint density at radius 3 is 2.26 bits per heavy atom. The van der Waals surface area contributed by atoms with Gasteiger partial charge in [0.15, 0.2) is 5.69 Å². The minimum absolute atomic E-state index is 0.136. The molecule has 1 saturated heterocycles. The highest BCUT2D eigenvalue weighted by Gasteiger charge is 2.52. The molecular weight excluding hydrogens is 362 g/mol. The van der Waals surface area contributed by atoms with Crippen molar-refractivity contribution < 1.29 is 26.0 Å². The molecule has 1 aromatic rings. The fraction of sp³-hybridized carbons (Fsp3) is 0.750. The standard InChI is InChI=1S/C12H16ClF4N3O2S/c1-11(14,8-3-5-20(13)6-4-8)23(21,22)9-7-19(2)18-10(9)12(15,16)17/h7-8H,3-6H2,1-2H3. The second-order valence-corrected chi connectivity index (χ2v) is 8.41. The summed E-state index contributed by atoms with van der Waals surface area (Å²) in [4.78, 5) is -1.13. The van der Waals surface area contributed by atoms with Crippen LogP contribution in [0.3, 0.4) is 0 Å². The second-order valence-electron chi connectivity index (χ2n) is 5.69. The Hall–Kier alpha value is -0.870. The molecule has 1 unspecified atom stereocenters. The summed E-state index contributed by atoms with van der Waals surface area (Å²) < 4.78 is 81.2.